The maximum Gasteiger partial charge on any atom is 0.0104 e. The van der Waals surface area contributed by atoms with Gasteiger partial charge >= 0.3 is 0 Å². The van der Waals surface area contributed by atoms with Gasteiger partial charge in [0.25, 0.3) is 0 Å². The van der Waals surface area contributed by atoms with Crippen LogP contribution in [-0.4, -0.2) is 37.6 Å². The Bertz CT molecular complexity index is 159. The number of likely N-dealkylation sites (N-methyl/N-ethyl adjacent to an activating group) is 1. The Morgan fingerprint density at radius 2 is 1.93 bits per heavy atom. The zero-order valence-electron chi connectivity index (χ0n) is 10.8. The standard InChI is InChI=1S/C13H28N2/c1-4-10-15(3)11-9-14-13-8-6-5-7-12(13)2/h12-14H,4-11H2,1-3H3. The van der Waals surface area contributed by atoms with Crippen LogP contribution in [0.4, 0.5) is 0 Å². The molecule has 0 aliphatic heterocycles. The van der Waals surface area contributed by atoms with Crippen molar-refractivity contribution in [1.29, 1.82) is 0 Å². The quantitative estimate of drug-likeness (QED) is 0.728. The average Bonchev–Trinajstić information content (AvgIpc) is 2.21. The molecule has 0 aromatic heterocycles. The molecular weight excluding hydrogens is 184 g/mol. The van der Waals surface area contributed by atoms with Gasteiger partial charge in [0.2, 0.25) is 0 Å². The van der Waals surface area contributed by atoms with Crippen LogP contribution in [0.15, 0.2) is 0 Å². The summed E-state index contributed by atoms with van der Waals surface area (Å²) in [6.07, 6.45) is 6.93. The van der Waals surface area contributed by atoms with E-state index in [1.807, 2.05) is 0 Å². The van der Waals surface area contributed by atoms with Crippen LogP contribution < -0.4 is 5.32 Å². The van der Waals surface area contributed by atoms with E-state index in [4.69, 9.17) is 0 Å². The van der Waals surface area contributed by atoms with E-state index in [1.165, 1.54) is 45.2 Å². The van der Waals surface area contributed by atoms with E-state index >= 15 is 0 Å². The first-order valence-corrected chi connectivity index (χ1v) is 6.66. The van der Waals surface area contributed by atoms with E-state index in [1.54, 1.807) is 0 Å². The molecule has 1 aliphatic carbocycles. The average molecular weight is 212 g/mol. The maximum atomic E-state index is 3.72. The molecule has 0 aromatic rings. The van der Waals surface area contributed by atoms with Gasteiger partial charge in [0, 0.05) is 19.1 Å². The lowest BCUT2D eigenvalue weighted by molar-refractivity contribution is 0.261. The highest BCUT2D eigenvalue weighted by Crippen LogP contribution is 2.23. The van der Waals surface area contributed by atoms with E-state index in [-0.39, 0.29) is 0 Å². The maximum absolute atomic E-state index is 3.72. The molecule has 0 aromatic carbocycles. The van der Waals surface area contributed by atoms with Crippen LogP contribution in [0.5, 0.6) is 0 Å². The molecule has 0 heterocycles. The Morgan fingerprint density at radius 3 is 2.60 bits per heavy atom. The van der Waals surface area contributed by atoms with E-state index in [0.717, 1.165) is 18.5 Å². The number of rotatable bonds is 6. The molecule has 1 aliphatic rings. The van der Waals surface area contributed by atoms with Gasteiger partial charge in [0.15, 0.2) is 0 Å². The van der Waals surface area contributed by atoms with Gasteiger partial charge in [-0.05, 0) is 38.8 Å². The molecule has 15 heavy (non-hydrogen) atoms. The summed E-state index contributed by atoms with van der Waals surface area (Å²) in [6, 6.07) is 0.786. The Labute approximate surface area is 95.4 Å². The number of nitrogens with zero attached hydrogens (tertiary/aromatic N) is 1. The topological polar surface area (TPSA) is 15.3 Å². The molecule has 0 bridgehead atoms. The van der Waals surface area contributed by atoms with E-state index < -0.39 is 0 Å². The van der Waals surface area contributed by atoms with E-state index in [0.29, 0.717) is 0 Å². The molecule has 2 heteroatoms. The lowest BCUT2D eigenvalue weighted by Gasteiger charge is -2.30. The zero-order chi connectivity index (χ0) is 11.1. The van der Waals surface area contributed by atoms with Gasteiger partial charge in [-0.1, -0.05) is 26.7 Å². The first-order valence-electron chi connectivity index (χ1n) is 6.66. The predicted molar refractivity (Wildman–Crippen MR) is 67.2 cm³/mol. The molecule has 1 N–H and O–H groups in total. The fourth-order valence-corrected chi connectivity index (χ4v) is 2.55. The summed E-state index contributed by atoms with van der Waals surface area (Å²) < 4.78 is 0. The Kier molecular flexibility index (Phi) is 6.26. The zero-order valence-corrected chi connectivity index (χ0v) is 10.8. The summed E-state index contributed by atoms with van der Waals surface area (Å²) in [6.45, 7) is 8.21. The van der Waals surface area contributed by atoms with Crippen LogP contribution in [0, 0.1) is 5.92 Å². The van der Waals surface area contributed by atoms with Gasteiger partial charge in [-0.3, -0.25) is 0 Å². The minimum atomic E-state index is 0.786. The summed E-state index contributed by atoms with van der Waals surface area (Å²) in [5.41, 5.74) is 0. The molecule has 1 fully saturated rings. The second kappa shape index (κ2) is 7.24. The number of hydrogen-bond donors (Lipinski definition) is 1. The lowest BCUT2D eigenvalue weighted by Crippen LogP contribution is -2.41. The number of hydrogen-bond acceptors (Lipinski definition) is 2. The largest absolute Gasteiger partial charge is 0.312 e. The summed E-state index contributed by atoms with van der Waals surface area (Å²) in [5, 5.41) is 3.72. The molecule has 2 nitrogen and oxygen atoms in total. The second-order valence-electron chi connectivity index (χ2n) is 5.13. The van der Waals surface area contributed by atoms with Crippen LogP contribution in [0.2, 0.25) is 0 Å². The van der Waals surface area contributed by atoms with Crippen molar-refractivity contribution in [2.75, 3.05) is 26.7 Å². The normalized spacial score (nSPS) is 27.2. The first-order chi connectivity index (χ1) is 7.24. The molecule has 0 spiro atoms. The summed E-state index contributed by atoms with van der Waals surface area (Å²) in [7, 11) is 2.22. The monoisotopic (exact) mass is 212 g/mol. The van der Waals surface area contributed by atoms with Crippen molar-refractivity contribution in [2.45, 2.75) is 52.0 Å². The number of nitrogens with one attached hydrogen (secondary N) is 1. The molecule has 1 rings (SSSR count). The Hall–Kier alpha value is -0.0800. The summed E-state index contributed by atoms with van der Waals surface area (Å²) >= 11 is 0. The van der Waals surface area contributed by atoms with Crippen molar-refractivity contribution in [1.82, 2.24) is 10.2 Å². The van der Waals surface area contributed by atoms with Gasteiger partial charge in [-0.25, -0.2) is 0 Å². The van der Waals surface area contributed by atoms with Crippen LogP contribution in [-0.2, 0) is 0 Å². The second-order valence-corrected chi connectivity index (χ2v) is 5.13. The minimum absolute atomic E-state index is 0.786. The van der Waals surface area contributed by atoms with E-state index in [9.17, 15) is 0 Å². The molecular formula is C13H28N2. The Balaban J connectivity index is 2.08. The third kappa shape index (κ3) is 4.98. The highest BCUT2D eigenvalue weighted by molar-refractivity contribution is 4.78. The molecule has 0 radical (unpaired) electrons. The van der Waals surface area contributed by atoms with Crippen molar-refractivity contribution in [3.63, 3.8) is 0 Å². The van der Waals surface area contributed by atoms with Crippen molar-refractivity contribution >= 4 is 0 Å². The fraction of sp³-hybridized carbons (Fsp3) is 1.00. The predicted octanol–water partition coefficient (Wildman–Crippen LogP) is 2.50. The molecule has 0 amide bonds. The van der Waals surface area contributed by atoms with E-state index in [2.05, 4.69) is 31.1 Å². The van der Waals surface area contributed by atoms with Gasteiger partial charge < -0.3 is 10.2 Å². The Morgan fingerprint density at radius 1 is 1.20 bits per heavy atom. The van der Waals surface area contributed by atoms with Crippen LogP contribution in [0.25, 0.3) is 0 Å². The van der Waals surface area contributed by atoms with Gasteiger partial charge in [0.1, 0.15) is 0 Å². The van der Waals surface area contributed by atoms with Crippen molar-refractivity contribution in [3.8, 4) is 0 Å². The SMILES string of the molecule is CCCN(C)CCNC1CCCCC1C. The molecule has 90 valence electrons. The van der Waals surface area contributed by atoms with Crippen LogP contribution in [0.1, 0.15) is 46.0 Å². The third-order valence-electron chi connectivity index (χ3n) is 3.62. The molecule has 1 saturated carbocycles. The highest BCUT2D eigenvalue weighted by atomic mass is 15.1. The molecule has 2 unspecified atom stereocenters. The fourth-order valence-electron chi connectivity index (χ4n) is 2.55. The van der Waals surface area contributed by atoms with Gasteiger partial charge in [-0.2, -0.15) is 0 Å². The van der Waals surface area contributed by atoms with Crippen LogP contribution >= 0.6 is 0 Å². The third-order valence-corrected chi connectivity index (χ3v) is 3.62. The molecule has 2 atom stereocenters. The lowest BCUT2D eigenvalue weighted by atomic mass is 9.86. The first kappa shape index (κ1) is 13.0. The van der Waals surface area contributed by atoms with Crippen molar-refractivity contribution < 1.29 is 0 Å². The highest BCUT2D eigenvalue weighted by Gasteiger charge is 2.20. The van der Waals surface area contributed by atoms with Gasteiger partial charge in [-0.15, -0.1) is 0 Å². The van der Waals surface area contributed by atoms with Gasteiger partial charge in [0.05, 0.1) is 0 Å². The van der Waals surface area contributed by atoms with Crippen molar-refractivity contribution in [3.05, 3.63) is 0 Å². The minimum Gasteiger partial charge on any atom is -0.312 e. The van der Waals surface area contributed by atoms with Crippen molar-refractivity contribution in [2.24, 2.45) is 5.92 Å². The molecule has 0 saturated heterocycles. The summed E-state index contributed by atoms with van der Waals surface area (Å²) in [4.78, 5) is 2.42. The smallest absolute Gasteiger partial charge is 0.0104 e. The summed E-state index contributed by atoms with van der Waals surface area (Å²) in [5.74, 6) is 0.884. The van der Waals surface area contributed by atoms with Crippen LogP contribution in [0.3, 0.4) is 0 Å².